The maximum Gasteiger partial charge on any atom is 0.119 e. The van der Waals surface area contributed by atoms with Gasteiger partial charge in [-0.05, 0) is 41.5 Å². The SMILES string of the molecule is c1ccc(COc2ccc(-c3ccc4c(n3)CNC4)cc2)cc1. The van der Waals surface area contributed by atoms with Crippen molar-refractivity contribution in [2.45, 2.75) is 19.7 Å². The van der Waals surface area contributed by atoms with Gasteiger partial charge >= 0.3 is 0 Å². The second-order valence-corrected chi connectivity index (χ2v) is 5.70. The lowest BCUT2D eigenvalue weighted by atomic mass is 10.1. The molecule has 23 heavy (non-hydrogen) atoms. The molecule has 0 amide bonds. The minimum atomic E-state index is 0.586. The Morgan fingerprint density at radius 1 is 0.870 bits per heavy atom. The topological polar surface area (TPSA) is 34.1 Å². The summed E-state index contributed by atoms with van der Waals surface area (Å²) in [6, 6.07) is 22.6. The number of fused-ring (bicyclic) bond motifs is 1. The van der Waals surface area contributed by atoms with Gasteiger partial charge in [-0.2, -0.15) is 0 Å². The molecule has 0 saturated heterocycles. The smallest absolute Gasteiger partial charge is 0.119 e. The van der Waals surface area contributed by atoms with E-state index >= 15 is 0 Å². The highest BCUT2D eigenvalue weighted by atomic mass is 16.5. The molecule has 0 spiro atoms. The third-order valence-electron chi connectivity index (χ3n) is 4.07. The quantitative estimate of drug-likeness (QED) is 0.793. The van der Waals surface area contributed by atoms with E-state index < -0.39 is 0 Å². The Bertz CT molecular complexity index is 798. The van der Waals surface area contributed by atoms with Crippen LogP contribution in [0.15, 0.2) is 66.7 Å². The largest absolute Gasteiger partial charge is 0.489 e. The van der Waals surface area contributed by atoms with Gasteiger partial charge in [0.1, 0.15) is 12.4 Å². The molecule has 2 aromatic carbocycles. The van der Waals surface area contributed by atoms with Crippen molar-refractivity contribution in [3.63, 3.8) is 0 Å². The Balaban J connectivity index is 1.47. The van der Waals surface area contributed by atoms with Crippen LogP contribution in [0.5, 0.6) is 5.75 Å². The van der Waals surface area contributed by atoms with Crippen LogP contribution in [0.2, 0.25) is 0 Å². The highest BCUT2D eigenvalue weighted by Gasteiger charge is 2.12. The number of hydrogen-bond donors (Lipinski definition) is 1. The molecule has 0 fully saturated rings. The number of pyridine rings is 1. The molecule has 1 N–H and O–H groups in total. The predicted octanol–water partition coefficient (Wildman–Crippen LogP) is 3.93. The zero-order valence-electron chi connectivity index (χ0n) is 12.8. The van der Waals surface area contributed by atoms with Gasteiger partial charge in [-0.15, -0.1) is 0 Å². The van der Waals surface area contributed by atoms with Crippen LogP contribution in [0.1, 0.15) is 16.8 Å². The maximum atomic E-state index is 5.83. The summed E-state index contributed by atoms with van der Waals surface area (Å²) in [7, 11) is 0. The Morgan fingerprint density at radius 2 is 1.70 bits per heavy atom. The first-order chi connectivity index (χ1) is 11.4. The van der Waals surface area contributed by atoms with E-state index in [9.17, 15) is 0 Å². The first-order valence-electron chi connectivity index (χ1n) is 7.85. The molecule has 2 heterocycles. The van der Waals surface area contributed by atoms with Crippen LogP contribution >= 0.6 is 0 Å². The Morgan fingerprint density at radius 3 is 2.52 bits per heavy atom. The van der Waals surface area contributed by atoms with E-state index in [1.807, 2.05) is 30.3 Å². The van der Waals surface area contributed by atoms with Crippen molar-refractivity contribution in [2.24, 2.45) is 0 Å². The zero-order chi connectivity index (χ0) is 15.5. The minimum Gasteiger partial charge on any atom is -0.489 e. The van der Waals surface area contributed by atoms with E-state index in [1.54, 1.807) is 0 Å². The molecule has 1 aliphatic heterocycles. The van der Waals surface area contributed by atoms with E-state index in [0.717, 1.165) is 35.8 Å². The fraction of sp³-hybridized carbons (Fsp3) is 0.150. The van der Waals surface area contributed by atoms with Gasteiger partial charge < -0.3 is 10.1 Å². The lowest BCUT2D eigenvalue weighted by Gasteiger charge is -2.08. The van der Waals surface area contributed by atoms with E-state index in [-0.39, 0.29) is 0 Å². The van der Waals surface area contributed by atoms with Crippen LogP contribution in [-0.4, -0.2) is 4.98 Å². The van der Waals surface area contributed by atoms with Gasteiger partial charge in [0.15, 0.2) is 0 Å². The number of benzene rings is 2. The van der Waals surface area contributed by atoms with Crippen molar-refractivity contribution in [3.05, 3.63) is 83.6 Å². The van der Waals surface area contributed by atoms with Gasteiger partial charge in [0.25, 0.3) is 0 Å². The first-order valence-corrected chi connectivity index (χ1v) is 7.85. The van der Waals surface area contributed by atoms with Crippen molar-refractivity contribution < 1.29 is 4.74 Å². The van der Waals surface area contributed by atoms with E-state index in [1.165, 1.54) is 11.1 Å². The fourth-order valence-corrected chi connectivity index (χ4v) is 2.78. The van der Waals surface area contributed by atoms with E-state index in [2.05, 4.69) is 41.7 Å². The maximum absolute atomic E-state index is 5.83. The van der Waals surface area contributed by atoms with Crippen molar-refractivity contribution in [1.29, 1.82) is 0 Å². The lowest BCUT2D eigenvalue weighted by molar-refractivity contribution is 0.306. The van der Waals surface area contributed by atoms with Gasteiger partial charge in [0.2, 0.25) is 0 Å². The highest BCUT2D eigenvalue weighted by Crippen LogP contribution is 2.24. The summed E-state index contributed by atoms with van der Waals surface area (Å²) in [5, 5.41) is 3.33. The van der Waals surface area contributed by atoms with Crippen molar-refractivity contribution >= 4 is 0 Å². The predicted molar refractivity (Wildman–Crippen MR) is 91.0 cm³/mol. The molecule has 3 heteroatoms. The number of rotatable bonds is 4. The molecule has 0 atom stereocenters. The second kappa shape index (κ2) is 6.23. The summed E-state index contributed by atoms with van der Waals surface area (Å²) in [6.45, 7) is 2.37. The summed E-state index contributed by atoms with van der Waals surface area (Å²) < 4.78 is 5.83. The van der Waals surface area contributed by atoms with Gasteiger partial charge in [-0.25, -0.2) is 0 Å². The molecule has 0 radical (unpaired) electrons. The Labute approximate surface area is 136 Å². The third kappa shape index (κ3) is 3.10. The molecular formula is C20H18N2O. The lowest BCUT2D eigenvalue weighted by Crippen LogP contribution is -2.00. The van der Waals surface area contributed by atoms with Crippen molar-refractivity contribution in [2.75, 3.05) is 0 Å². The zero-order valence-corrected chi connectivity index (χ0v) is 12.8. The standard InChI is InChI=1S/C20H18N2O/c1-2-4-15(5-3-1)14-23-18-9-6-16(7-10-18)19-11-8-17-12-21-13-20(17)22-19/h1-11,21H,12-14H2. The third-order valence-corrected chi connectivity index (χ3v) is 4.07. The average molecular weight is 302 g/mol. The Kier molecular flexibility index (Phi) is 3.78. The summed E-state index contributed by atoms with van der Waals surface area (Å²) in [6.07, 6.45) is 0. The summed E-state index contributed by atoms with van der Waals surface area (Å²) in [5.74, 6) is 0.875. The number of aromatic nitrogens is 1. The van der Waals surface area contributed by atoms with Gasteiger partial charge in [0, 0.05) is 18.7 Å². The molecule has 0 bridgehead atoms. The summed E-state index contributed by atoms with van der Waals surface area (Å²) >= 11 is 0. The van der Waals surface area contributed by atoms with Gasteiger partial charge in [-0.3, -0.25) is 4.98 Å². The molecule has 0 unspecified atom stereocenters. The highest BCUT2D eigenvalue weighted by molar-refractivity contribution is 5.60. The van der Waals surface area contributed by atoms with Crippen LogP contribution in [0.4, 0.5) is 0 Å². The van der Waals surface area contributed by atoms with Crippen molar-refractivity contribution in [1.82, 2.24) is 10.3 Å². The monoisotopic (exact) mass is 302 g/mol. The van der Waals surface area contributed by atoms with E-state index in [0.29, 0.717) is 6.61 Å². The number of nitrogens with one attached hydrogen (secondary N) is 1. The van der Waals surface area contributed by atoms with Gasteiger partial charge in [-0.1, -0.05) is 36.4 Å². The van der Waals surface area contributed by atoms with Crippen LogP contribution < -0.4 is 10.1 Å². The molecule has 0 aliphatic carbocycles. The minimum absolute atomic E-state index is 0.586. The van der Waals surface area contributed by atoms with Crippen LogP contribution in [-0.2, 0) is 19.7 Å². The molecule has 1 aliphatic rings. The van der Waals surface area contributed by atoms with Gasteiger partial charge in [0.05, 0.1) is 11.4 Å². The first kappa shape index (κ1) is 14.0. The molecule has 0 saturated carbocycles. The van der Waals surface area contributed by atoms with Crippen molar-refractivity contribution in [3.8, 4) is 17.0 Å². The molecular weight excluding hydrogens is 284 g/mol. The summed E-state index contributed by atoms with van der Waals surface area (Å²) in [4.78, 5) is 4.74. The Hall–Kier alpha value is -2.65. The van der Waals surface area contributed by atoms with Crippen LogP contribution in [0, 0.1) is 0 Å². The van der Waals surface area contributed by atoms with Crippen LogP contribution in [0.3, 0.4) is 0 Å². The number of nitrogens with zero attached hydrogens (tertiary/aromatic N) is 1. The second-order valence-electron chi connectivity index (χ2n) is 5.70. The van der Waals surface area contributed by atoms with Crippen LogP contribution in [0.25, 0.3) is 11.3 Å². The molecule has 3 aromatic rings. The fourth-order valence-electron chi connectivity index (χ4n) is 2.78. The molecule has 114 valence electrons. The molecule has 3 nitrogen and oxygen atoms in total. The van der Waals surface area contributed by atoms with E-state index in [4.69, 9.17) is 9.72 Å². The number of ether oxygens (including phenoxy) is 1. The summed E-state index contributed by atoms with van der Waals surface area (Å²) in [5.41, 5.74) is 5.77. The average Bonchev–Trinajstić information content (AvgIpc) is 3.09. The number of hydrogen-bond acceptors (Lipinski definition) is 3. The normalized spacial score (nSPS) is 12.9. The molecule has 4 rings (SSSR count). The molecule has 1 aromatic heterocycles.